The summed E-state index contributed by atoms with van der Waals surface area (Å²) < 4.78 is 5.71. The number of anilines is 1. The highest BCUT2D eigenvalue weighted by atomic mass is 32.2. The number of nitrogens with zero attached hydrogens (tertiary/aromatic N) is 1. The van der Waals surface area contributed by atoms with Crippen molar-refractivity contribution in [3.8, 4) is 11.5 Å². The fraction of sp³-hybridized carbons (Fsp3) is 0.0714. The van der Waals surface area contributed by atoms with Crippen molar-refractivity contribution in [2.24, 2.45) is 0 Å². The molecule has 0 aliphatic carbocycles. The molecule has 1 aromatic heterocycles. The Morgan fingerprint density at radius 1 is 1.11 bits per heavy atom. The molecule has 0 bridgehead atoms. The molecule has 3 rings (SSSR count). The average molecular weight is 256 g/mol. The van der Waals surface area contributed by atoms with Gasteiger partial charge in [-0.1, -0.05) is 0 Å². The summed E-state index contributed by atoms with van der Waals surface area (Å²) in [5.41, 5.74) is 8.94. The van der Waals surface area contributed by atoms with Crippen LogP contribution in [0.1, 0.15) is 0 Å². The number of hydrogen-bond donors (Lipinski definition) is 1. The van der Waals surface area contributed by atoms with Gasteiger partial charge in [-0.15, -0.1) is 11.8 Å². The first kappa shape index (κ1) is 11.2. The van der Waals surface area contributed by atoms with Crippen LogP contribution in [0.15, 0.2) is 51.8 Å². The van der Waals surface area contributed by atoms with Crippen LogP contribution in [0.5, 0.6) is 0 Å². The van der Waals surface area contributed by atoms with E-state index >= 15 is 0 Å². The number of oxazole rings is 1. The third-order valence-electron chi connectivity index (χ3n) is 2.75. The summed E-state index contributed by atoms with van der Waals surface area (Å²) in [7, 11) is 0. The van der Waals surface area contributed by atoms with Crippen LogP contribution in [0.4, 0.5) is 5.69 Å². The summed E-state index contributed by atoms with van der Waals surface area (Å²) in [6.07, 6.45) is 2.05. The highest BCUT2D eigenvalue weighted by Crippen LogP contribution is 2.26. The summed E-state index contributed by atoms with van der Waals surface area (Å²) in [6.45, 7) is 0. The molecule has 0 amide bonds. The zero-order valence-corrected chi connectivity index (χ0v) is 10.7. The molecule has 18 heavy (non-hydrogen) atoms. The average Bonchev–Trinajstić information content (AvgIpc) is 2.81. The molecule has 0 saturated heterocycles. The van der Waals surface area contributed by atoms with Gasteiger partial charge in [0.25, 0.3) is 0 Å². The SMILES string of the molecule is CSc1ccc(-c2nc3cc(N)ccc3o2)cc1. The normalized spacial score (nSPS) is 10.9. The predicted octanol–water partition coefficient (Wildman–Crippen LogP) is 3.80. The van der Waals surface area contributed by atoms with Crippen molar-refractivity contribution in [3.63, 3.8) is 0 Å². The van der Waals surface area contributed by atoms with Crippen LogP contribution in [-0.4, -0.2) is 11.2 Å². The number of nitrogen functional groups attached to an aromatic ring is 1. The van der Waals surface area contributed by atoms with Crippen LogP contribution >= 0.6 is 11.8 Å². The van der Waals surface area contributed by atoms with Gasteiger partial charge < -0.3 is 10.2 Å². The van der Waals surface area contributed by atoms with E-state index < -0.39 is 0 Å². The van der Waals surface area contributed by atoms with Crippen molar-refractivity contribution in [1.29, 1.82) is 0 Å². The first-order chi connectivity index (χ1) is 8.76. The van der Waals surface area contributed by atoms with Crippen LogP contribution in [0.2, 0.25) is 0 Å². The second kappa shape index (κ2) is 4.38. The van der Waals surface area contributed by atoms with Gasteiger partial charge in [-0.2, -0.15) is 0 Å². The molecule has 90 valence electrons. The summed E-state index contributed by atoms with van der Waals surface area (Å²) in [5.74, 6) is 0.628. The first-order valence-corrected chi connectivity index (χ1v) is 6.79. The van der Waals surface area contributed by atoms with Crippen LogP contribution < -0.4 is 5.73 Å². The minimum Gasteiger partial charge on any atom is -0.436 e. The van der Waals surface area contributed by atoms with E-state index in [1.54, 1.807) is 11.8 Å². The lowest BCUT2D eigenvalue weighted by Gasteiger charge is -1.97. The zero-order chi connectivity index (χ0) is 12.5. The van der Waals surface area contributed by atoms with E-state index in [4.69, 9.17) is 10.2 Å². The Hall–Kier alpha value is -1.94. The molecule has 1 heterocycles. The van der Waals surface area contributed by atoms with E-state index in [1.807, 2.05) is 30.3 Å². The number of thioether (sulfide) groups is 1. The van der Waals surface area contributed by atoms with E-state index in [0.29, 0.717) is 11.6 Å². The van der Waals surface area contributed by atoms with Crippen molar-refractivity contribution < 1.29 is 4.42 Å². The molecule has 2 aromatic carbocycles. The molecule has 2 N–H and O–H groups in total. The second-order valence-electron chi connectivity index (χ2n) is 3.97. The summed E-state index contributed by atoms with van der Waals surface area (Å²) >= 11 is 1.71. The Morgan fingerprint density at radius 3 is 2.61 bits per heavy atom. The molecule has 0 radical (unpaired) electrons. The van der Waals surface area contributed by atoms with Gasteiger partial charge in [-0.3, -0.25) is 0 Å². The fourth-order valence-electron chi connectivity index (χ4n) is 1.80. The van der Waals surface area contributed by atoms with Gasteiger partial charge in [0.15, 0.2) is 5.58 Å². The van der Waals surface area contributed by atoms with E-state index in [9.17, 15) is 0 Å². The smallest absolute Gasteiger partial charge is 0.227 e. The number of benzene rings is 2. The molecule has 3 nitrogen and oxygen atoms in total. The molecule has 0 atom stereocenters. The van der Waals surface area contributed by atoms with Crippen LogP contribution in [-0.2, 0) is 0 Å². The largest absolute Gasteiger partial charge is 0.436 e. The van der Waals surface area contributed by atoms with E-state index in [-0.39, 0.29) is 0 Å². The standard InChI is InChI=1S/C14H12N2OS/c1-18-11-5-2-9(3-6-11)14-16-12-8-10(15)4-7-13(12)17-14/h2-8H,15H2,1H3. The Kier molecular flexibility index (Phi) is 2.72. The van der Waals surface area contributed by atoms with E-state index in [0.717, 1.165) is 16.7 Å². The Morgan fingerprint density at radius 2 is 1.89 bits per heavy atom. The molecule has 0 unspecified atom stereocenters. The van der Waals surface area contributed by atoms with Crippen LogP contribution in [0.3, 0.4) is 0 Å². The van der Waals surface area contributed by atoms with Crippen LogP contribution in [0, 0.1) is 0 Å². The Bertz CT molecular complexity index is 689. The van der Waals surface area contributed by atoms with Crippen molar-refractivity contribution in [2.75, 3.05) is 12.0 Å². The fourth-order valence-corrected chi connectivity index (χ4v) is 2.21. The first-order valence-electron chi connectivity index (χ1n) is 5.57. The maximum atomic E-state index is 5.73. The molecule has 3 aromatic rings. The van der Waals surface area contributed by atoms with Crippen molar-refractivity contribution in [3.05, 3.63) is 42.5 Å². The molecule has 0 aliphatic rings. The van der Waals surface area contributed by atoms with Gasteiger partial charge >= 0.3 is 0 Å². The van der Waals surface area contributed by atoms with Gasteiger partial charge in [0.05, 0.1) is 0 Å². The zero-order valence-electron chi connectivity index (χ0n) is 9.88. The second-order valence-corrected chi connectivity index (χ2v) is 4.85. The maximum absolute atomic E-state index is 5.73. The van der Waals surface area contributed by atoms with Crippen molar-refractivity contribution >= 4 is 28.5 Å². The topological polar surface area (TPSA) is 52.0 Å². The van der Waals surface area contributed by atoms with Gasteiger partial charge in [0, 0.05) is 16.1 Å². The number of fused-ring (bicyclic) bond motifs is 1. The quantitative estimate of drug-likeness (QED) is 0.559. The molecule has 0 saturated carbocycles. The molecular weight excluding hydrogens is 244 g/mol. The molecule has 4 heteroatoms. The molecule has 0 aliphatic heterocycles. The molecular formula is C14H12N2OS. The lowest BCUT2D eigenvalue weighted by molar-refractivity contribution is 0.620. The van der Waals surface area contributed by atoms with E-state index in [2.05, 4.69) is 23.4 Å². The summed E-state index contributed by atoms with van der Waals surface area (Å²) in [4.78, 5) is 5.67. The van der Waals surface area contributed by atoms with Crippen LogP contribution in [0.25, 0.3) is 22.6 Å². The monoisotopic (exact) mass is 256 g/mol. The van der Waals surface area contributed by atoms with Crippen molar-refractivity contribution in [1.82, 2.24) is 4.98 Å². The molecule has 0 fully saturated rings. The van der Waals surface area contributed by atoms with Gasteiger partial charge in [-0.05, 0) is 48.7 Å². The van der Waals surface area contributed by atoms with Crippen molar-refractivity contribution in [2.45, 2.75) is 4.90 Å². The number of hydrogen-bond acceptors (Lipinski definition) is 4. The third-order valence-corrected chi connectivity index (χ3v) is 3.49. The van der Waals surface area contributed by atoms with Gasteiger partial charge in [0.2, 0.25) is 5.89 Å². The van der Waals surface area contributed by atoms with Gasteiger partial charge in [0.1, 0.15) is 5.52 Å². The lowest BCUT2D eigenvalue weighted by atomic mass is 10.2. The number of rotatable bonds is 2. The Balaban J connectivity index is 2.07. The minimum absolute atomic E-state index is 0.628. The summed E-state index contributed by atoms with van der Waals surface area (Å²) in [5, 5.41) is 0. The Labute approximate surface area is 109 Å². The number of nitrogens with two attached hydrogens (primary N) is 1. The van der Waals surface area contributed by atoms with E-state index in [1.165, 1.54) is 4.90 Å². The lowest BCUT2D eigenvalue weighted by Crippen LogP contribution is -1.82. The predicted molar refractivity (Wildman–Crippen MR) is 75.6 cm³/mol. The highest BCUT2D eigenvalue weighted by molar-refractivity contribution is 7.98. The summed E-state index contributed by atoms with van der Waals surface area (Å²) in [6, 6.07) is 13.6. The minimum atomic E-state index is 0.628. The molecule has 0 spiro atoms. The maximum Gasteiger partial charge on any atom is 0.227 e. The highest BCUT2D eigenvalue weighted by Gasteiger charge is 2.08. The third kappa shape index (κ3) is 1.95. The van der Waals surface area contributed by atoms with Gasteiger partial charge in [-0.25, -0.2) is 4.98 Å². The number of aromatic nitrogens is 1.